The number of nitrogens with zero attached hydrogens (tertiary/aromatic N) is 2. The van der Waals surface area contributed by atoms with Gasteiger partial charge in [-0.05, 0) is 36.9 Å². The monoisotopic (exact) mass is 297 g/mol. The van der Waals surface area contributed by atoms with E-state index in [0.29, 0.717) is 5.92 Å². The van der Waals surface area contributed by atoms with E-state index in [1.54, 1.807) is 13.3 Å². The minimum Gasteiger partial charge on any atom is -0.384 e. The first kappa shape index (κ1) is 15.5. The Bertz CT molecular complexity index is 420. The first-order valence-electron chi connectivity index (χ1n) is 7.33. The Morgan fingerprint density at radius 1 is 1.45 bits per heavy atom. The number of halogens is 1. The third kappa shape index (κ3) is 4.08. The smallest absolute Gasteiger partial charge is 0.128 e. The van der Waals surface area contributed by atoms with Crippen molar-refractivity contribution in [3.05, 3.63) is 22.8 Å². The number of nitrogens with one attached hydrogen (secondary N) is 1. The van der Waals surface area contributed by atoms with Crippen molar-refractivity contribution in [2.45, 2.75) is 26.3 Å². The molecule has 0 aliphatic carbocycles. The van der Waals surface area contributed by atoms with E-state index in [0.717, 1.165) is 49.2 Å². The molecule has 0 bridgehead atoms. The molecule has 2 heterocycles. The molecule has 0 radical (unpaired) electrons. The van der Waals surface area contributed by atoms with Crippen molar-refractivity contribution in [1.82, 2.24) is 10.3 Å². The first-order chi connectivity index (χ1) is 9.74. The largest absolute Gasteiger partial charge is 0.384 e. The van der Waals surface area contributed by atoms with Gasteiger partial charge < -0.3 is 15.0 Å². The molecule has 1 aliphatic heterocycles. The molecule has 1 fully saturated rings. The van der Waals surface area contributed by atoms with Gasteiger partial charge in [-0.2, -0.15) is 0 Å². The lowest BCUT2D eigenvalue weighted by Crippen LogP contribution is -2.35. The Morgan fingerprint density at radius 2 is 2.20 bits per heavy atom. The van der Waals surface area contributed by atoms with Crippen LogP contribution < -0.4 is 10.2 Å². The van der Waals surface area contributed by atoms with Gasteiger partial charge >= 0.3 is 0 Å². The van der Waals surface area contributed by atoms with Crippen molar-refractivity contribution in [2.75, 3.05) is 38.3 Å². The van der Waals surface area contributed by atoms with Gasteiger partial charge in [0.1, 0.15) is 5.82 Å². The fraction of sp³-hybridized carbons (Fsp3) is 0.667. The summed E-state index contributed by atoms with van der Waals surface area (Å²) >= 11 is 6.20. The van der Waals surface area contributed by atoms with Gasteiger partial charge in [-0.25, -0.2) is 4.98 Å². The molecule has 112 valence electrons. The summed E-state index contributed by atoms with van der Waals surface area (Å²) in [5.74, 6) is 1.72. The molecular formula is C15H24ClN3O. The van der Waals surface area contributed by atoms with Crippen LogP contribution >= 0.6 is 11.6 Å². The average Bonchev–Trinajstić information content (AvgIpc) is 2.48. The minimum atomic E-state index is 0.685. The van der Waals surface area contributed by atoms with E-state index in [9.17, 15) is 0 Å². The zero-order valence-corrected chi connectivity index (χ0v) is 13.1. The summed E-state index contributed by atoms with van der Waals surface area (Å²) in [4.78, 5) is 6.82. The van der Waals surface area contributed by atoms with Gasteiger partial charge in [0, 0.05) is 39.5 Å². The van der Waals surface area contributed by atoms with Crippen LogP contribution in [0.1, 0.15) is 25.3 Å². The lowest BCUT2D eigenvalue weighted by atomic mass is 9.98. The molecule has 4 nitrogen and oxygen atoms in total. The molecule has 0 atom stereocenters. The molecule has 0 aromatic carbocycles. The summed E-state index contributed by atoms with van der Waals surface area (Å²) in [5.41, 5.74) is 1.12. The van der Waals surface area contributed by atoms with E-state index in [2.05, 4.69) is 28.2 Å². The standard InChI is InChI=1S/C15H24ClN3O/c1-3-17-9-13-8-15(18-10-14(13)16)19-6-4-12(5-7-19)11-20-2/h8,10,12,17H,3-7,9,11H2,1-2H3. The average molecular weight is 298 g/mol. The summed E-state index contributed by atoms with van der Waals surface area (Å²) < 4.78 is 5.24. The first-order valence-corrected chi connectivity index (χ1v) is 7.71. The van der Waals surface area contributed by atoms with Crippen molar-refractivity contribution < 1.29 is 4.74 Å². The van der Waals surface area contributed by atoms with Gasteiger partial charge in [0.25, 0.3) is 0 Å². The number of rotatable bonds is 6. The highest BCUT2D eigenvalue weighted by Crippen LogP contribution is 2.25. The molecule has 1 aromatic heterocycles. The third-order valence-corrected chi connectivity index (χ3v) is 4.17. The molecule has 1 aliphatic rings. The van der Waals surface area contributed by atoms with Gasteiger partial charge in [-0.15, -0.1) is 0 Å². The van der Waals surface area contributed by atoms with Crippen LogP contribution in [0.4, 0.5) is 5.82 Å². The van der Waals surface area contributed by atoms with Crippen LogP contribution in [0.25, 0.3) is 0 Å². The molecule has 5 heteroatoms. The maximum atomic E-state index is 6.20. The fourth-order valence-electron chi connectivity index (χ4n) is 2.60. The second-order valence-electron chi connectivity index (χ2n) is 5.30. The van der Waals surface area contributed by atoms with Crippen LogP contribution in [0.5, 0.6) is 0 Å². The van der Waals surface area contributed by atoms with Crippen molar-refractivity contribution in [3.63, 3.8) is 0 Å². The molecule has 1 aromatic rings. The Morgan fingerprint density at radius 3 is 2.85 bits per heavy atom. The quantitative estimate of drug-likeness (QED) is 0.876. The predicted molar refractivity (Wildman–Crippen MR) is 83.4 cm³/mol. The molecule has 0 unspecified atom stereocenters. The maximum Gasteiger partial charge on any atom is 0.128 e. The molecule has 20 heavy (non-hydrogen) atoms. The molecule has 0 saturated carbocycles. The van der Waals surface area contributed by atoms with E-state index in [1.165, 1.54) is 12.8 Å². The highest BCUT2D eigenvalue weighted by molar-refractivity contribution is 6.31. The lowest BCUT2D eigenvalue weighted by Gasteiger charge is -2.32. The van der Waals surface area contributed by atoms with Crippen LogP contribution in [0, 0.1) is 5.92 Å². The second-order valence-corrected chi connectivity index (χ2v) is 5.71. The van der Waals surface area contributed by atoms with E-state index in [1.807, 2.05) is 0 Å². The summed E-state index contributed by atoms with van der Waals surface area (Å²) in [6, 6.07) is 2.11. The Balaban J connectivity index is 1.99. The predicted octanol–water partition coefficient (Wildman–Crippen LogP) is 2.71. The van der Waals surface area contributed by atoms with E-state index in [-0.39, 0.29) is 0 Å². The number of anilines is 1. The fourth-order valence-corrected chi connectivity index (χ4v) is 2.77. The SMILES string of the molecule is CCNCc1cc(N2CCC(COC)CC2)ncc1Cl. The zero-order chi connectivity index (χ0) is 14.4. The highest BCUT2D eigenvalue weighted by atomic mass is 35.5. The van der Waals surface area contributed by atoms with E-state index < -0.39 is 0 Å². The van der Waals surface area contributed by atoms with Gasteiger partial charge in [-0.3, -0.25) is 0 Å². The molecule has 2 rings (SSSR count). The van der Waals surface area contributed by atoms with Crippen LogP contribution in [0.15, 0.2) is 12.3 Å². The summed E-state index contributed by atoms with van der Waals surface area (Å²) in [6.07, 6.45) is 4.10. The normalized spacial score (nSPS) is 16.6. The second kappa shape index (κ2) is 7.81. The van der Waals surface area contributed by atoms with Crippen LogP contribution in [-0.4, -0.2) is 38.3 Å². The van der Waals surface area contributed by atoms with Crippen LogP contribution in [0.3, 0.4) is 0 Å². The molecule has 1 saturated heterocycles. The Kier molecular flexibility index (Phi) is 6.07. The van der Waals surface area contributed by atoms with Crippen molar-refractivity contribution in [2.24, 2.45) is 5.92 Å². The van der Waals surface area contributed by atoms with Crippen molar-refractivity contribution in [3.8, 4) is 0 Å². The van der Waals surface area contributed by atoms with Gasteiger partial charge in [0.15, 0.2) is 0 Å². The van der Waals surface area contributed by atoms with Crippen molar-refractivity contribution >= 4 is 17.4 Å². The molecule has 0 spiro atoms. The van der Waals surface area contributed by atoms with Crippen LogP contribution in [-0.2, 0) is 11.3 Å². The van der Waals surface area contributed by atoms with E-state index in [4.69, 9.17) is 16.3 Å². The van der Waals surface area contributed by atoms with E-state index >= 15 is 0 Å². The number of hydrogen-bond acceptors (Lipinski definition) is 4. The van der Waals surface area contributed by atoms with Gasteiger partial charge in [0.2, 0.25) is 0 Å². The molecule has 1 N–H and O–H groups in total. The van der Waals surface area contributed by atoms with Crippen LogP contribution in [0.2, 0.25) is 5.02 Å². The summed E-state index contributed by atoms with van der Waals surface area (Å²) in [5, 5.41) is 4.05. The molecular weight excluding hydrogens is 274 g/mol. The maximum absolute atomic E-state index is 6.20. The lowest BCUT2D eigenvalue weighted by molar-refractivity contribution is 0.139. The van der Waals surface area contributed by atoms with Crippen molar-refractivity contribution in [1.29, 1.82) is 0 Å². The summed E-state index contributed by atoms with van der Waals surface area (Å²) in [7, 11) is 1.78. The van der Waals surface area contributed by atoms with Gasteiger partial charge in [0.05, 0.1) is 5.02 Å². The minimum absolute atomic E-state index is 0.685. The number of aromatic nitrogens is 1. The third-order valence-electron chi connectivity index (χ3n) is 3.83. The number of hydrogen-bond donors (Lipinski definition) is 1. The number of ether oxygens (including phenoxy) is 1. The zero-order valence-electron chi connectivity index (χ0n) is 12.4. The number of piperidine rings is 1. The Hall–Kier alpha value is -0.840. The highest BCUT2D eigenvalue weighted by Gasteiger charge is 2.20. The summed E-state index contributed by atoms with van der Waals surface area (Å²) in [6.45, 7) is 6.79. The number of methoxy groups -OCH3 is 1. The number of pyridine rings is 1. The topological polar surface area (TPSA) is 37.4 Å². The van der Waals surface area contributed by atoms with Gasteiger partial charge in [-0.1, -0.05) is 18.5 Å². The Labute approximate surface area is 126 Å². The molecule has 0 amide bonds.